The van der Waals surface area contributed by atoms with E-state index in [4.69, 9.17) is 28.4 Å². The Morgan fingerprint density at radius 3 is 2.40 bits per heavy atom. The first-order chi connectivity index (χ1) is 29.2. The van der Waals surface area contributed by atoms with Gasteiger partial charge in [-0.1, -0.05) is 74.2 Å². The number of nitriles is 1. The molecule has 1 fully saturated rings. The van der Waals surface area contributed by atoms with Gasteiger partial charge in [-0.2, -0.15) is 17.0 Å². The van der Waals surface area contributed by atoms with Crippen molar-refractivity contribution >= 4 is 17.7 Å². The number of thioether (sulfide) groups is 1. The molecule has 1 aliphatic carbocycles. The number of fused-ring (bicyclic) bond motifs is 12. The van der Waals surface area contributed by atoms with Gasteiger partial charge in [-0.05, 0) is 79.6 Å². The van der Waals surface area contributed by atoms with Crippen molar-refractivity contribution in [2.45, 2.75) is 76.7 Å². The zero-order valence-electron chi connectivity index (χ0n) is 35.3. The van der Waals surface area contributed by atoms with Crippen molar-refractivity contribution in [1.82, 2.24) is 9.80 Å². The van der Waals surface area contributed by atoms with Crippen LogP contribution in [0.25, 0.3) is 11.1 Å². The first-order valence-electron chi connectivity index (χ1n) is 20.9. The molecule has 11 heteroatoms. The monoisotopic (exact) mass is 827 g/mol. The summed E-state index contributed by atoms with van der Waals surface area (Å²) in [6, 6.07) is 20.7. The lowest BCUT2D eigenvalue weighted by Gasteiger charge is -2.60. The Morgan fingerprint density at radius 1 is 0.983 bits per heavy atom. The number of rotatable bonds is 13. The first kappa shape index (κ1) is 40.4. The number of carbonyl (C=O) groups is 1. The minimum atomic E-state index is -0.520. The predicted octanol–water partition coefficient (Wildman–Crippen LogP) is 8.38. The van der Waals surface area contributed by atoms with Gasteiger partial charge >= 0.3 is 5.97 Å². The summed E-state index contributed by atoms with van der Waals surface area (Å²) in [6.45, 7) is 12.6. The highest BCUT2D eigenvalue weighted by molar-refractivity contribution is 7.99. The normalized spacial score (nSPS) is 22.7. The van der Waals surface area contributed by atoms with Crippen LogP contribution in [0.5, 0.6) is 23.0 Å². The summed E-state index contributed by atoms with van der Waals surface area (Å²) in [5, 5.41) is 11.2. The Bertz CT molecular complexity index is 2350. The van der Waals surface area contributed by atoms with E-state index in [2.05, 4.69) is 97.9 Å². The molecule has 0 aromatic heterocycles. The van der Waals surface area contributed by atoms with E-state index in [9.17, 15) is 10.1 Å². The molecule has 4 aromatic rings. The summed E-state index contributed by atoms with van der Waals surface area (Å²) in [5.41, 5.74) is 12.5. The van der Waals surface area contributed by atoms with Crippen molar-refractivity contribution in [2.75, 3.05) is 52.5 Å². The minimum absolute atomic E-state index is 0.0363. The fraction of sp³-hybridized carbons (Fsp3) is 0.429. The molecule has 4 aliphatic heterocycles. The molecule has 60 heavy (non-hydrogen) atoms. The van der Waals surface area contributed by atoms with Gasteiger partial charge in [0.1, 0.15) is 30.8 Å². The van der Waals surface area contributed by atoms with E-state index in [1.807, 2.05) is 13.8 Å². The van der Waals surface area contributed by atoms with Crippen LogP contribution in [0.1, 0.15) is 75.0 Å². The van der Waals surface area contributed by atoms with E-state index in [1.165, 1.54) is 27.8 Å². The van der Waals surface area contributed by atoms with E-state index in [1.54, 1.807) is 24.9 Å². The highest BCUT2D eigenvalue weighted by Crippen LogP contribution is 2.58. The zero-order chi connectivity index (χ0) is 41.8. The lowest BCUT2D eigenvalue weighted by Crippen LogP contribution is -2.68. The number of nitrogens with zero attached hydrogens (tertiary/aromatic N) is 3. The lowest BCUT2D eigenvalue weighted by atomic mass is 9.71. The van der Waals surface area contributed by atoms with Crippen molar-refractivity contribution in [2.24, 2.45) is 5.92 Å². The summed E-state index contributed by atoms with van der Waals surface area (Å²) in [4.78, 5) is 18.8. The Labute approximate surface area is 357 Å². The van der Waals surface area contributed by atoms with Crippen LogP contribution in [0, 0.1) is 38.0 Å². The Hall–Kier alpha value is -4.99. The first-order valence-corrected chi connectivity index (χ1v) is 22.1. The van der Waals surface area contributed by atoms with E-state index >= 15 is 0 Å². The van der Waals surface area contributed by atoms with Crippen LogP contribution in [0.2, 0.25) is 0 Å². The molecule has 4 heterocycles. The molecule has 6 atom stereocenters. The maximum absolute atomic E-state index is 14.1. The van der Waals surface area contributed by atoms with Crippen LogP contribution >= 0.6 is 11.8 Å². The maximum atomic E-state index is 14.1. The van der Waals surface area contributed by atoms with Gasteiger partial charge in [-0.15, -0.1) is 0 Å². The maximum Gasteiger partial charge on any atom is 0.309 e. The van der Waals surface area contributed by atoms with Gasteiger partial charge < -0.3 is 28.4 Å². The number of piperazine rings is 1. The van der Waals surface area contributed by atoms with Crippen molar-refractivity contribution in [3.63, 3.8) is 0 Å². The SMILES string of the molecule is C=CCOc1c(C)c2c(c3c1CC1[C@H]4c5c(cc(C)c(C)c5OCOC)C[C@@H]([C@H](C#N)N1[C@H]3COC(=O)[C@H](C)CSCC1c3ccccc3-c3ccccc31)N4C)OCO2. The standard InChI is InChI=1S/C49H53N3O7S/c1-8-17-55-45-30(5)47-48(59-26-58-47)43-36(45)20-39-44-42-31(18-27(2)29(4)46(42)57-25-54-7)19-38(51(44)6)40(21-50)52(39)41(43)22-56-49(53)28(3)23-60-24-37-34-15-11-9-13-32(34)33-14-10-12-16-35(33)37/h8-16,18,28,37-41,44H,1,17,19-20,22-26H2,2-7H3/t28-,38+,39?,40+,41+,44+/m1/s1. The fourth-order valence-corrected chi connectivity index (χ4v) is 11.9. The quantitative estimate of drug-likeness (QED) is 0.0738. The number of esters is 1. The molecule has 2 bridgehead atoms. The number of benzene rings is 4. The molecule has 0 amide bonds. The summed E-state index contributed by atoms with van der Waals surface area (Å²) >= 11 is 1.79. The van der Waals surface area contributed by atoms with E-state index in [0.29, 0.717) is 36.7 Å². The van der Waals surface area contributed by atoms with Crippen molar-refractivity contribution < 1.29 is 33.2 Å². The predicted molar refractivity (Wildman–Crippen MR) is 232 cm³/mol. The average Bonchev–Trinajstić information content (AvgIpc) is 3.87. The van der Waals surface area contributed by atoms with Gasteiger partial charge in [0.25, 0.3) is 0 Å². The molecular formula is C49H53N3O7S. The molecule has 1 unspecified atom stereocenters. The highest BCUT2D eigenvalue weighted by atomic mass is 32.2. The highest BCUT2D eigenvalue weighted by Gasteiger charge is 2.57. The van der Waals surface area contributed by atoms with Gasteiger partial charge in [0.15, 0.2) is 18.3 Å². The smallest absolute Gasteiger partial charge is 0.309 e. The van der Waals surface area contributed by atoms with Crippen LogP contribution in [0.4, 0.5) is 0 Å². The van der Waals surface area contributed by atoms with Crippen LogP contribution in [0.15, 0.2) is 67.3 Å². The number of methoxy groups -OCH3 is 1. The number of carbonyl (C=O) groups excluding carboxylic acids is 1. The van der Waals surface area contributed by atoms with Crippen molar-refractivity contribution in [1.29, 1.82) is 5.26 Å². The Balaban J connectivity index is 1.05. The second kappa shape index (κ2) is 16.5. The van der Waals surface area contributed by atoms with Gasteiger partial charge in [-0.25, -0.2) is 0 Å². The Kier molecular flexibility index (Phi) is 11.1. The largest absolute Gasteiger partial charge is 0.489 e. The number of aryl methyl sites for hydroxylation is 1. The number of ether oxygens (including phenoxy) is 6. The van der Waals surface area contributed by atoms with Gasteiger partial charge in [0.05, 0.1) is 24.1 Å². The average molecular weight is 828 g/mol. The molecule has 10 nitrogen and oxygen atoms in total. The minimum Gasteiger partial charge on any atom is -0.489 e. The molecule has 4 aromatic carbocycles. The molecule has 0 saturated carbocycles. The van der Waals surface area contributed by atoms with Crippen LogP contribution in [0.3, 0.4) is 0 Å². The van der Waals surface area contributed by atoms with E-state index < -0.39 is 12.1 Å². The third kappa shape index (κ3) is 6.55. The van der Waals surface area contributed by atoms with Gasteiger partial charge in [-0.3, -0.25) is 14.6 Å². The van der Waals surface area contributed by atoms with Crippen LogP contribution in [-0.4, -0.2) is 86.4 Å². The molecule has 0 radical (unpaired) electrons. The van der Waals surface area contributed by atoms with Crippen molar-refractivity contribution in [3.8, 4) is 40.2 Å². The molecule has 0 spiro atoms. The summed E-state index contributed by atoms with van der Waals surface area (Å²) in [5.74, 6) is 3.93. The lowest BCUT2D eigenvalue weighted by molar-refractivity contribution is -0.152. The fourth-order valence-electron chi connectivity index (χ4n) is 10.7. The molecule has 312 valence electrons. The third-order valence-electron chi connectivity index (χ3n) is 13.5. The van der Waals surface area contributed by atoms with Crippen LogP contribution < -0.4 is 18.9 Å². The molecular weight excluding hydrogens is 775 g/mol. The topological polar surface area (TPSA) is 103 Å². The molecule has 9 rings (SSSR count). The number of hydrogen-bond donors (Lipinski definition) is 0. The second-order valence-corrected chi connectivity index (χ2v) is 17.8. The number of likely N-dealkylation sites (N-methyl/N-ethyl adjacent to an activating group) is 1. The number of hydrogen-bond acceptors (Lipinski definition) is 11. The van der Waals surface area contributed by atoms with Crippen LogP contribution in [-0.2, 0) is 27.1 Å². The van der Waals surface area contributed by atoms with Gasteiger partial charge in [0, 0.05) is 58.9 Å². The van der Waals surface area contributed by atoms with Crippen molar-refractivity contribution in [3.05, 3.63) is 117 Å². The molecule has 1 saturated heterocycles. The van der Waals surface area contributed by atoms with E-state index in [-0.39, 0.29) is 56.1 Å². The summed E-state index contributed by atoms with van der Waals surface area (Å²) in [7, 11) is 3.76. The van der Waals surface area contributed by atoms with Gasteiger partial charge in [0.2, 0.25) is 6.79 Å². The summed E-state index contributed by atoms with van der Waals surface area (Å²) < 4.78 is 37.2. The molecule has 0 N–H and O–H groups in total. The second-order valence-electron chi connectivity index (χ2n) is 16.8. The van der Waals surface area contributed by atoms with E-state index in [0.717, 1.165) is 50.6 Å². The third-order valence-corrected chi connectivity index (χ3v) is 14.8. The summed E-state index contributed by atoms with van der Waals surface area (Å²) in [6.07, 6.45) is 2.96. The molecule has 5 aliphatic rings. The Morgan fingerprint density at radius 2 is 1.70 bits per heavy atom. The zero-order valence-corrected chi connectivity index (χ0v) is 36.1.